The Bertz CT molecular complexity index is 1570. The van der Waals surface area contributed by atoms with Crippen molar-refractivity contribution in [2.75, 3.05) is 45.7 Å². The largest absolute Gasteiger partial charge is 0.491 e. The summed E-state index contributed by atoms with van der Waals surface area (Å²) in [6.45, 7) is 1.34. The first kappa shape index (κ1) is 26.9. The molecule has 0 saturated carbocycles. The summed E-state index contributed by atoms with van der Waals surface area (Å²) < 4.78 is 41.3. The van der Waals surface area contributed by atoms with Gasteiger partial charge in [-0.3, -0.25) is 9.59 Å². The van der Waals surface area contributed by atoms with Crippen LogP contribution in [-0.4, -0.2) is 67.6 Å². The van der Waals surface area contributed by atoms with Crippen LogP contribution in [0.15, 0.2) is 30.4 Å². The van der Waals surface area contributed by atoms with Gasteiger partial charge in [0.25, 0.3) is 5.91 Å². The molecule has 0 spiro atoms. The van der Waals surface area contributed by atoms with E-state index in [9.17, 15) is 19.2 Å². The van der Waals surface area contributed by atoms with E-state index in [1.165, 1.54) is 19.3 Å². The summed E-state index contributed by atoms with van der Waals surface area (Å²) in [6.07, 6.45) is 3.48. The van der Waals surface area contributed by atoms with Gasteiger partial charge in [-0.05, 0) is 17.7 Å². The molecule has 0 aliphatic carbocycles. The fourth-order valence-electron chi connectivity index (χ4n) is 5.03. The third-order valence-electron chi connectivity index (χ3n) is 6.88. The Hall–Kier alpha value is -3.72. The summed E-state index contributed by atoms with van der Waals surface area (Å²) in [5.74, 6) is -2.06. The number of halogens is 3. The first-order valence-corrected chi connectivity index (χ1v) is 13.3. The second-order valence-electron chi connectivity index (χ2n) is 9.11. The Labute approximate surface area is 231 Å². The summed E-state index contributed by atoms with van der Waals surface area (Å²) >= 11 is 7.58. The lowest BCUT2D eigenvalue weighted by molar-refractivity contribution is -0.128. The van der Waals surface area contributed by atoms with Gasteiger partial charge >= 0.3 is 0 Å². The van der Waals surface area contributed by atoms with Crippen molar-refractivity contribution in [2.24, 2.45) is 0 Å². The third-order valence-corrected chi connectivity index (χ3v) is 8.27. The summed E-state index contributed by atoms with van der Waals surface area (Å²) in [5.41, 5.74) is 5.97. The Morgan fingerprint density at radius 3 is 2.87 bits per heavy atom. The molecule has 2 amide bonds. The molecule has 0 bridgehead atoms. The van der Waals surface area contributed by atoms with Gasteiger partial charge in [0.2, 0.25) is 5.91 Å². The quantitative estimate of drug-likeness (QED) is 0.458. The number of anilines is 1. The third kappa shape index (κ3) is 4.69. The maximum absolute atomic E-state index is 15.8. The second kappa shape index (κ2) is 10.8. The van der Waals surface area contributed by atoms with Gasteiger partial charge in [-0.1, -0.05) is 23.7 Å². The molecule has 1 aromatic heterocycles. The lowest BCUT2D eigenvalue weighted by atomic mass is 9.95. The SMILES string of the molecule is COC/C=C/C(=O)N1CCN2C(=O)c3cc(F)c(-c4ccc(F)c5sc(N)c(C#N)c45)c(Cl)c3OCCC2C1. The van der Waals surface area contributed by atoms with Crippen molar-refractivity contribution < 1.29 is 27.8 Å². The highest BCUT2D eigenvalue weighted by Gasteiger charge is 2.37. The minimum absolute atomic E-state index is 0.0108. The van der Waals surface area contributed by atoms with Crippen molar-refractivity contribution in [3.8, 4) is 22.9 Å². The molecule has 3 aromatic rings. The van der Waals surface area contributed by atoms with Crippen LogP contribution in [0.4, 0.5) is 13.8 Å². The number of carbonyl (C=O) groups is 2. The number of carbonyl (C=O) groups excluding carboxylic acids is 2. The van der Waals surface area contributed by atoms with E-state index < -0.39 is 17.5 Å². The summed E-state index contributed by atoms with van der Waals surface area (Å²) in [4.78, 5) is 29.4. The first-order valence-electron chi connectivity index (χ1n) is 12.1. The molecule has 1 unspecified atom stereocenters. The fraction of sp³-hybridized carbons (Fsp3) is 0.296. The van der Waals surface area contributed by atoms with Gasteiger partial charge < -0.3 is 25.0 Å². The van der Waals surface area contributed by atoms with Crippen LogP contribution in [0.2, 0.25) is 5.02 Å². The van der Waals surface area contributed by atoms with Crippen molar-refractivity contribution in [2.45, 2.75) is 12.5 Å². The number of fused-ring (bicyclic) bond motifs is 3. The fourth-order valence-corrected chi connectivity index (χ4v) is 6.33. The van der Waals surface area contributed by atoms with Gasteiger partial charge in [-0.25, -0.2) is 8.78 Å². The number of piperazine rings is 1. The highest BCUT2D eigenvalue weighted by atomic mass is 35.5. The number of nitriles is 1. The second-order valence-corrected chi connectivity index (χ2v) is 10.5. The molecule has 2 aliphatic heterocycles. The average Bonchev–Trinajstić information content (AvgIpc) is 3.26. The van der Waals surface area contributed by atoms with Crippen LogP contribution in [0, 0.1) is 23.0 Å². The van der Waals surface area contributed by atoms with Gasteiger partial charge in [0.1, 0.15) is 22.7 Å². The number of methoxy groups -OCH3 is 1. The highest BCUT2D eigenvalue weighted by molar-refractivity contribution is 7.23. The maximum Gasteiger partial charge on any atom is 0.258 e. The van der Waals surface area contributed by atoms with Crippen LogP contribution >= 0.6 is 22.9 Å². The number of benzene rings is 2. The van der Waals surface area contributed by atoms with Crippen molar-refractivity contribution in [3.05, 3.63) is 58.1 Å². The van der Waals surface area contributed by atoms with E-state index in [-0.39, 0.29) is 73.2 Å². The smallest absolute Gasteiger partial charge is 0.258 e. The van der Waals surface area contributed by atoms with E-state index in [1.807, 2.05) is 6.07 Å². The molecule has 202 valence electrons. The van der Waals surface area contributed by atoms with Crippen molar-refractivity contribution in [1.29, 1.82) is 5.26 Å². The molecule has 1 atom stereocenters. The van der Waals surface area contributed by atoms with Crippen molar-refractivity contribution in [3.63, 3.8) is 0 Å². The molecule has 2 aromatic carbocycles. The zero-order valence-corrected chi connectivity index (χ0v) is 22.4. The van der Waals surface area contributed by atoms with E-state index in [0.29, 0.717) is 26.1 Å². The monoisotopic (exact) mass is 572 g/mol. The molecular weight excluding hydrogens is 550 g/mol. The number of thiophene rings is 1. The lowest BCUT2D eigenvalue weighted by Gasteiger charge is -2.42. The van der Waals surface area contributed by atoms with Crippen molar-refractivity contribution in [1.82, 2.24) is 9.80 Å². The van der Waals surface area contributed by atoms with Gasteiger partial charge in [0.15, 0.2) is 5.75 Å². The van der Waals surface area contributed by atoms with Crippen LogP contribution in [0.25, 0.3) is 21.2 Å². The number of ether oxygens (including phenoxy) is 2. The van der Waals surface area contributed by atoms with E-state index in [1.54, 1.807) is 15.9 Å². The molecule has 12 heteroatoms. The molecule has 1 saturated heterocycles. The van der Waals surface area contributed by atoms with Gasteiger partial charge in [-0.2, -0.15) is 5.26 Å². The number of hydrogen-bond donors (Lipinski definition) is 1. The zero-order valence-electron chi connectivity index (χ0n) is 20.8. The lowest BCUT2D eigenvalue weighted by Crippen LogP contribution is -2.57. The standard InChI is InChI=1S/C27H23ClF2N4O4S/c1-37-9-2-3-20(35)33-7-8-34-14(13-33)6-10-38-24-16(27(34)36)11-19(30)22(23(24)28)15-4-5-18(29)25-21(15)17(12-31)26(32)39-25/h2-5,11,14H,6-10,13,32H2,1H3/b3-2+. The molecule has 2 aliphatic rings. The number of amides is 2. The van der Waals surface area contributed by atoms with Gasteiger partial charge in [-0.15, -0.1) is 11.3 Å². The minimum atomic E-state index is -0.827. The summed E-state index contributed by atoms with van der Waals surface area (Å²) in [7, 11) is 1.53. The molecule has 39 heavy (non-hydrogen) atoms. The van der Waals surface area contributed by atoms with Crippen molar-refractivity contribution >= 4 is 49.8 Å². The number of nitrogen functional groups attached to an aromatic ring is 1. The topological polar surface area (TPSA) is 109 Å². The van der Waals surface area contributed by atoms with E-state index in [0.717, 1.165) is 23.5 Å². The summed E-state index contributed by atoms with van der Waals surface area (Å²) in [5, 5.41) is 9.73. The minimum Gasteiger partial charge on any atom is -0.491 e. The summed E-state index contributed by atoms with van der Waals surface area (Å²) in [6, 6.07) is 5.18. The predicted molar refractivity (Wildman–Crippen MR) is 144 cm³/mol. The molecule has 1 fully saturated rings. The van der Waals surface area contributed by atoms with E-state index in [4.69, 9.17) is 26.8 Å². The number of rotatable bonds is 4. The molecule has 5 rings (SSSR count). The Kier molecular flexibility index (Phi) is 7.44. The number of nitrogens with zero attached hydrogens (tertiary/aromatic N) is 3. The predicted octanol–water partition coefficient (Wildman–Crippen LogP) is 4.59. The van der Waals surface area contributed by atoms with Crippen LogP contribution in [0.3, 0.4) is 0 Å². The normalized spacial score (nSPS) is 17.4. The molecule has 8 nitrogen and oxygen atoms in total. The Balaban J connectivity index is 1.53. The van der Waals surface area contributed by atoms with Crippen LogP contribution in [0.1, 0.15) is 22.3 Å². The Morgan fingerprint density at radius 2 is 2.13 bits per heavy atom. The number of hydrogen-bond acceptors (Lipinski definition) is 7. The molecular formula is C27H23ClF2N4O4S. The Morgan fingerprint density at radius 1 is 1.33 bits per heavy atom. The van der Waals surface area contributed by atoms with E-state index >= 15 is 4.39 Å². The van der Waals surface area contributed by atoms with E-state index in [2.05, 4.69) is 0 Å². The molecule has 3 heterocycles. The zero-order chi connectivity index (χ0) is 27.8. The maximum atomic E-state index is 15.8. The average molecular weight is 573 g/mol. The van der Waals surface area contributed by atoms with Crippen LogP contribution in [0.5, 0.6) is 5.75 Å². The first-order chi connectivity index (χ1) is 18.8. The van der Waals surface area contributed by atoms with Crippen LogP contribution in [-0.2, 0) is 9.53 Å². The number of nitrogens with two attached hydrogens (primary N) is 1. The van der Waals surface area contributed by atoms with Crippen LogP contribution < -0.4 is 10.5 Å². The molecule has 0 radical (unpaired) electrons. The van der Waals surface area contributed by atoms with Gasteiger partial charge in [0, 0.05) is 50.2 Å². The highest BCUT2D eigenvalue weighted by Crippen LogP contribution is 2.47. The molecule has 2 N–H and O–H groups in total. The van der Waals surface area contributed by atoms with Gasteiger partial charge in [0.05, 0.1) is 40.1 Å².